The number of carbonyl (C=O) groups excluding carboxylic acids is 1. The fourth-order valence-corrected chi connectivity index (χ4v) is 3.11. The SMILES string of the molecule is O=C(NCCCn1ccnc1)[C@@H]1C[C@@H]1c1cccc(Cl)c1Cl. The first-order valence-electron chi connectivity index (χ1n) is 7.34. The predicted octanol–water partition coefficient (Wildman–Crippen LogP) is 3.50. The van der Waals surface area contributed by atoms with Gasteiger partial charge in [0.25, 0.3) is 0 Å². The van der Waals surface area contributed by atoms with Gasteiger partial charge < -0.3 is 9.88 Å². The van der Waals surface area contributed by atoms with Gasteiger partial charge in [-0.25, -0.2) is 4.98 Å². The Kier molecular flexibility index (Phi) is 4.69. The molecule has 0 bridgehead atoms. The topological polar surface area (TPSA) is 46.9 Å². The largest absolute Gasteiger partial charge is 0.356 e. The Morgan fingerprint density at radius 2 is 2.27 bits per heavy atom. The molecule has 1 amide bonds. The molecule has 1 heterocycles. The number of nitrogens with one attached hydrogen (secondary N) is 1. The Bertz CT molecular complexity index is 657. The van der Waals surface area contributed by atoms with Crippen LogP contribution in [0.3, 0.4) is 0 Å². The summed E-state index contributed by atoms with van der Waals surface area (Å²) >= 11 is 12.2. The lowest BCUT2D eigenvalue weighted by Gasteiger charge is -2.07. The van der Waals surface area contributed by atoms with Gasteiger partial charge in [-0.3, -0.25) is 4.79 Å². The van der Waals surface area contributed by atoms with Gasteiger partial charge in [0, 0.05) is 31.4 Å². The molecule has 0 saturated heterocycles. The summed E-state index contributed by atoms with van der Waals surface area (Å²) in [5.74, 6) is 0.315. The number of imidazole rings is 1. The van der Waals surface area contributed by atoms with Gasteiger partial charge in [0.1, 0.15) is 0 Å². The molecule has 1 aromatic heterocycles. The van der Waals surface area contributed by atoms with Gasteiger partial charge in [-0.05, 0) is 30.4 Å². The minimum Gasteiger partial charge on any atom is -0.356 e. The van der Waals surface area contributed by atoms with Gasteiger partial charge >= 0.3 is 0 Å². The van der Waals surface area contributed by atoms with Gasteiger partial charge in [-0.15, -0.1) is 0 Å². The number of aryl methyl sites for hydroxylation is 1. The maximum atomic E-state index is 12.1. The fourth-order valence-electron chi connectivity index (χ4n) is 2.66. The minimum absolute atomic E-state index is 0.0178. The number of amides is 1. The maximum absolute atomic E-state index is 12.1. The molecule has 1 N–H and O–H groups in total. The van der Waals surface area contributed by atoms with E-state index in [4.69, 9.17) is 23.2 Å². The Morgan fingerprint density at radius 3 is 3.05 bits per heavy atom. The van der Waals surface area contributed by atoms with E-state index in [9.17, 15) is 4.79 Å². The van der Waals surface area contributed by atoms with Crippen molar-refractivity contribution in [3.05, 3.63) is 52.5 Å². The van der Waals surface area contributed by atoms with Crippen LogP contribution in [0, 0.1) is 5.92 Å². The van der Waals surface area contributed by atoms with Crippen LogP contribution in [0.1, 0.15) is 24.3 Å². The van der Waals surface area contributed by atoms with Gasteiger partial charge in [0.2, 0.25) is 5.91 Å². The molecule has 0 spiro atoms. The highest BCUT2D eigenvalue weighted by Gasteiger charge is 2.44. The van der Waals surface area contributed by atoms with Gasteiger partial charge in [0.05, 0.1) is 16.4 Å². The van der Waals surface area contributed by atoms with Crippen molar-refractivity contribution in [1.29, 1.82) is 0 Å². The molecule has 4 nitrogen and oxygen atoms in total. The highest BCUT2D eigenvalue weighted by molar-refractivity contribution is 6.42. The maximum Gasteiger partial charge on any atom is 0.223 e. The van der Waals surface area contributed by atoms with E-state index < -0.39 is 0 Å². The number of carbonyl (C=O) groups is 1. The Morgan fingerprint density at radius 1 is 1.41 bits per heavy atom. The summed E-state index contributed by atoms with van der Waals surface area (Å²) in [6.07, 6.45) is 7.17. The first-order valence-corrected chi connectivity index (χ1v) is 8.10. The Balaban J connectivity index is 1.45. The normalized spacial score (nSPS) is 19.9. The van der Waals surface area contributed by atoms with Crippen molar-refractivity contribution in [2.24, 2.45) is 5.92 Å². The summed E-state index contributed by atoms with van der Waals surface area (Å²) in [7, 11) is 0. The molecule has 0 unspecified atom stereocenters. The van der Waals surface area contributed by atoms with E-state index in [-0.39, 0.29) is 17.7 Å². The number of hydrogen-bond donors (Lipinski definition) is 1. The second-order valence-corrected chi connectivity index (χ2v) is 6.32. The van der Waals surface area contributed by atoms with E-state index in [0.29, 0.717) is 16.6 Å². The van der Waals surface area contributed by atoms with Crippen molar-refractivity contribution in [3.63, 3.8) is 0 Å². The van der Waals surface area contributed by atoms with E-state index in [2.05, 4.69) is 10.3 Å². The van der Waals surface area contributed by atoms with Crippen LogP contribution in [0.15, 0.2) is 36.9 Å². The smallest absolute Gasteiger partial charge is 0.223 e. The molecule has 2 aromatic rings. The average molecular weight is 338 g/mol. The summed E-state index contributed by atoms with van der Waals surface area (Å²) in [5, 5.41) is 4.11. The zero-order valence-corrected chi connectivity index (χ0v) is 13.5. The van der Waals surface area contributed by atoms with Gasteiger partial charge in [-0.1, -0.05) is 35.3 Å². The Hall–Kier alpha value is -1.52. The van der Waals surface area contributed by atoms with E-state index in [0.717, 1.165) is 24.9 Å². The molecule has 1 aliphatic rings. The van der Waals surface area contributed by atoms with Crippen LogP contribution in [0.5, 0.6) is 0 Å². The summed E-state index contributed by atoms with van der Waals surface area (Å²) in [5.41, 5.74) is 0.979. The zero-order valence-electron chi connectivity index (χ0n) is 12.0. The molecule has 2 atom stereocenters. The van der Waals surface area contributed by atoms with E-state index in [1.807, 2.05) is 22.9 Å². The lowest BCUT2D eigenvalue weighted by Crippen LogP contribution is -2.27. The molecule has 1 fully saturated rings. The summed E-state index contributed by atoms with van der Waals surface area (Å²) in [6, 6.07) is 5.59. The van der Waals surface area contributed by atoms with Crippen LogP contribution in [0.25, 0.3) is 0 Å². The molecule has 1 aromatic carbocycles. The van der Waals surface area contributed by atoms with Crippen LogP contribution < -0.4 is 5.32 Å². The Labute approximate surface area is 139 Å². The molecule has 1 aliphatic carbocycles. The second kappa shape index (κ2) is 6.71. The van der Waals surface area contributed by atoms with Crippen molar-refractivity contribution < 1.29 is 4.79 Å². The summed E-state index contributed by atoms with van der Waals surface area (Å²) < 4.78 is 2.00. The lowest BCUT2D eigenvalue weighted by atomic mass is 10.1. The van der Waals surface area contributed by atoms with Crippen molar-refractivity contribution in [2.45, 2.75) is 25.3 Å². The lowest BCUT2D eigenvalue weighted by molar-refractivity contribution is -0.122. The molecule has 0 aliphatic heterocycles. The van der Waals surface area contributed by atoms with Crippen LogP contribution in [0.4, 0.5) is 0 Å². The first kappa shape index (κ1) is 15.4. The molecule has 3 rings (SSSR count). The molecule has 22 heavy (non-hydrogen) atoms. The molecule has 1 saturated carbocycles. The third-order valence-electron chi connectivity index (χ3n) is 3.96. The molecule has 116 valence electrons. The average Bonchev–Trinajstić information content (AvgIpc) is 3.13. The standard InChI is InChI=1S/C16H17Cl2N3O/c17-14-4-1-3-11(15(14)18)12-9-13(12)16(22)20-5-2-7-21-8-6-19-10-21/h1,3-4,6,8,10,12-13H,2,5,7,9H2,(H,20,22)/t12-,13-/m1/s1. The third kappa shape index (κ3) is 3.45. The number of hydrogen-bond acceptors (Lipinski definition) is 2. The van der Waals surface area contributed by atoms with Gasteiger partial charge in [-0.2, -0.15) is 0 Å². The number of rotatable bonds is 6. The number of nitrogens with zero attached hydrogens (tertiary/aromatic N) is 2. The van der Waals surface area contributed by atoms with Crippen LogP contribution in [-0.2, 0) is 11.3 Å². The predicted molar refractivity (Wildman–Crippen MR) is 87.2 cm³/mol. The van der Waals surface area contributed by atoms with Crippen molar-refractivity contribution in [1.82, 2.24) is 14.9 Å². The first-order chi connectivity index (χ1) is 10.7. The number of aromatic nitrogens is 2. The van der Waals surface area contributed by atoms with Crippen LogP contribution >= 0.6 is 23.2 Å². The number of benzene rings is 1. The molecule has 0 radical (unpaired) electrons. The minimum atomic E-state index is 0.0178. The summed E-state index contributed by atoms with van der Waals surface area (Å²) in [4.78, 5) is 16.1. The van der Waals surface area contributed by atoms with Gasteiger partial charge in [0.15, 0.2) is 0 Å². The van der Waals surface area contributed by atoms with E-state index >= 15 is 0 Å². The molecular formula is C16H17Cl2N3O. The quantitative estimate of drug-likeness (QED) is 0.820. The molecular weight excluding hydrogens is 321 g/mol. The highest BCUT2D eigenvalue weighted by atomic mass is 35.5. The number of halogens is 2. The van der Waals surface area contributed by atoms with Crippen LogP contribution in [-0.4, -0.2) is 22.0 Å². The van der Waals surface area contributed by atoms with Crippen molar-refractivity contribution in [3.8, 4) is 0 Å². The molecule has 6 heteroatoms. The highest BCUT2D eigenvalue weighted by Crippen LogP contribution is 2.50. The zero-order chi connectivity index (χ0) is 15.5. The second-order valence-electron chi connectivity index (χ2n) is 5.54. The summed E-state index contributed by atoms with van der Waals surface area (Å²) in [6.45, 7) is 1.53. The fraction of sp³-hybridized carbons (Fsp3) is 0.375. The third-order valence-corrected chi connectivity index (χ3v) is 4.79. The van der Waals surface area contributed by atoms with E-state index in [1.165, 1.54) is 0 Å². The van der Waals surface area contributed by atoms with Crippen LogP contribution in [0.2, 0.25) is 10.0 Å². The van der Waals surface area contributed by atoms with Crippen molar-refractivity contribution >= 4 is 29.1 Å². The monoisotopic (exact) mass is 337 g/mol. The van der Waals surface area contributed by atoms with E-state index in [1.54, 1.807) is 18.6 Å². The van der Waals surface area contributed by atoms with Crippen molar-refractivity contribution in [2.75, 3.05) is 6.54 Å².